The van der Waals surface area contributed by atoms with E-state index < -0.39 is 0 Å². The van der Waals surface area contributed by atoms with E-state index in [0.717, 1.165) is 30.2 Å². The first-order valence-electron chi connectivity index (χ1n) is 7.28. The van der Waals surface area contributed by atoms with Gasteiger partial charge in [-0.1, -0.05) is 18.2 Å². The Hall–Kier alpha value is -1.70. The number of nitrogens with zero attached hydrogens (tertiary/aromatic N) is 2. The minimum atomic E-state index is -0.179. The van der Waals surface area contributed by atoms with Gasteiger partial charge in [-0.3, -0.25) is 9.98 Å². The second-order valence-electron chi connectivity index (χ2n) is 5.01. The van der Waals surface area contributed by atoms with Crippen LogP contribution >= 0.6 is 24.0 Å². The topological polar surface area (TPSA) is 49.3 Å². The molecule has 0 radical (unpaired) electrons. The molecule has 1 aromatic carbocycles. The van der Waals surface area contributed by atoms with Crippen molar-refractivity contribution in [1.29, 1.82) is 0 Å². The van der Waals surface area contributed by atoms with Crippen molar-refractivity contribution in [3.8, 4) is 0 Å². The van der Waals surface area contributed by atoms with E-state index in [2.05, 4.69) is 20.6 Å². The van der Waals surface area contributed by atoms with Crippen molar-refractivity contribution in [3.05, 3.63) is 65.2 Å². The Kier molecular flexibility index (Phi) is 8.53. The van der Waals surface area contributed by atoms with Crippen molar-refractivity contribution in [2.75, 3.05) is 13.6 Å². The normalized spacial score (nSPS) is 10.8. The average Bonchev–Trinajstić information content (AvgIpc) is 2.55. The summed E-state index contributed by atoms with van der Waals surface area (Å²) in [7, 11) is 1.73. The predicted octanol–water partition coefficient (Wildman–Crippen LogP) is 3.05. The Bertz CT molecular complexity index is 632. The Morgan fingerprint density at radius 1 is 1.22 bits per heavy atom. The zero-order valence-electron chi connectivity index (χ0n) is 13.3. The van der Waals surface area contributed by atoms with E-state index in [1.165, 1.54) is 6.07 Å². The maximum atomic E-state index is 13.2. The second kappa shape index (κ2) is 10.1. The van der Waals surface area contributed by atoms with Crippen LogP contribution in [-0.2, 0) is 13.0 Å². The molecule has 4 nitrogen and oxygen atoms in total. The third-order valence-electron chi connectivity index (χ3n) is 3.31. The SMILES string of the molecule is CN=C(NCCc1ccccn1)NCc1ccc(F)c(C)c1.I. The minimum absolute atomic E-state index is 0. The van der Waals surface area contributed by atoms with E-state index in [4.69, 9.17) is 0 Å². The second-order valence-corrected chi connectivity index (χ2v) is 5.01. The number of pyridine rings is 1. The zero-order chi connectivity index (χ0) is 15.8. The molecule has 0 amide bonds. The molecule has 2 N–H and O–H groups in total. The van der Waals surface area contributed by atoms with Crippen LogP contribution in [0, 0.1) is 12.7 Å². The molecule has 1 heterocycles. The van der Waals surface area contributed by atoms with Gasteiger partial charge < -0.3 is 10.6 Å². The molecule has 6 heteroatoms. The molecule has 0 bridgehead atoms. The van der Waals surface area contributed by atoms with Gasteiger partial charge in [0.05, 0.1) is 0 Å². The molecule has 1 aromatic heterocycles. The van der Waals surface area contributed by atoms with Crippen LogP contribution in [0.5, 0.6) is 0 Å². The van der Waals surface area contributed by atoms with E-state index in [-0.39, 0.29) is 29.8 Å². The summed E-state index contributed by atoms with van der Waals surface area (Å²) >= 11 is 0. The lowest BCUT2D eigenvalue weighted by molar-refractivity contribution is 0.617. The van der Waals surface area contributed by atoms with Crippen molar-refractivity contribution in [3.63, 3.8) is 0 Å². The fraction of sp³-hybridized carbons (Fsp3) is 0.294. The number of rotatable bonds is 5. The van der Waals surface area contributed by atoms with Crippen LogP contribution in [0.2, 0.25) is 0 Å². The van der Waals surface area contributed by atoms with Gasteiger partial charge in [-0.2, -0.15) is 0 Å². The number of hydrogen-bond acceptors (Lipinski definition) is 2. The van der Waals surface area contributed by atoms with E-state index >= 15 is 0 Å². The molecule has 23 heavy (non-hydrogen) atoms. The largest absolute Gasteiger partial charge is 0.356 e. The van der Waals surface area contributed by atoms with Crippen LogP contribution < -0.4 is 10.6 Å². The molecule has 0 aliphatic heterocycles. The number of aromatic nitrogens is 1. The molecule has 124 valence electrons. The van der Waals surface area contributed by atoms with Crippen molar-refractivity contribution in [2.45, 2.75) is 19.9 Å². The van der Waals surface area contributed by atoms with Crippen LogP contribution in [0.1, 0.15) is 16.8 Å². The summed E-state index contributed by atoms with van der Waals surface area (Å²) in [4.78, 5) is 8.45. The van der Waals surface area contributed by atoms with Crippen molar-refractivity contribution in [1.82, 2.24) is 15.6 Å². The molecule has 0 spiro atoms. The van der Waals surface area contributed by atoms with E-state index in [9.17, 15) is 4.39 Å². The molecule has 2 aromatic rings. The molecule has 0 fully saturated rings. The summed E-state index contributed by atoms with van der Waals surface area (Å²) < 4.78 is 13.2. The van der Waals surface area contributed by atoms with Crippen LogP contribution in [0.3, 0.4) is 0 Å². The number of benzene rings is 1. The molecule has 0 aliphatic rings. The van der Waals surface area contributed by atoms with Gasteiger partial charge in [-0.25, -0.2) is 4.39 Å². The first-order valence-corrected chi connectivity index (χ1v) is 7.28. The number of hydrogen-bond donors (Lipinski definition) is 2. The van der Waals surface area contributed by atoms with Gasteiger partial charge in [-0.05, 0) is 36.2 Å². The third kappa shape index (κ3) is 6.52. The quantitative estimate of drug-likeness (QED) is 0.438. The fourth-order valence-electron chi connectivity index (χ4n) is 2.08. The predicted molar refractivity (Wildman–Crippen MR) is 103 cm³/mol. The smallest absolute Gasteiger partial charge is 0.191 e. The standard InChI is InChI=1S/C17H21FN4.HI/c1-13-11-14(6-7-16(13)18)12-22-17(19-2)21-10-8-15-5-3-4-9-20-15;/h3-7,9,11H,8,10,12H2,1-2H3,(H2,19,21,22);1H. The van der Waals surface area contributed by atoms with E-state index in [0.29, 0.717) is 12.1 Å². The lowest BCUT2D eigenvalue weighted by Gasteiger charge is -2.12. The van der Waals surface area contributed by atoms with Crippen molar-refractivity contribution in [2.24, 2.45) is 4.99 Å². The summed E-state index contributed by atoms with van der Waals surface area (Å²) in [5, 5.41) is 6.45. The molecule has 0 aliphatic carbocycles. The van der Waals surface area contributed by atoms with E-state index in [1.807, 2.05) is 24.3 Å². The summed E-state index contributed by atoms with van der Waals surface area (Å²) in [6.07, 6.45) is 2.62. The van der Waals surface area contributed by atoms with Crippen LogP contribution in [0.25, 0.3) is 0 Å². The lowest BCUT2D eigenvalue weighted by Crippen LogP contribution is -2.37. The maximum Gasteiger partial charge on any atom is 0.191 e. The highest BCUT2D eigenvalue weighted by Gasteiger charge is 2.01. The van der Waals surface area contributed by atoms with Gasteiger partial charge in [0.15, 0.2) is 5.96 Å². The summed E-state index contributed by atoms with van der Waals surface area (Å²) in [6, 6.07) is 11.0. The van der Waals surface area contributed by atoms with Gasteiger partial charge in [0.25, 0.3) is 0 Å². The van der Waals surface area contributed by atoms with Gasteiger partial charge in [0.2, 0.25) is 0 Å². The number of aryl methyl sites for hydroxylation is 1. The highest BCUT2D eigenvalue weighted by atomic mass is 127. The highest BCUT2D eigenvalue weighted by Crippen LogP contribution is 2.08. The average molecular weight is 428 g/mol. The molecule has 2 rings (SSSR count). The van der Waals surface area contributed by atoms with E-state index in [1.54, 1.807) is 26.2 Å². The molecule has 0 atom stereocenters. The Morgan fingerprint density at radius 2 is 2.04 bits per heavy atom. The summed E-state index contributed by atoms with van der Waals surface area (Å²) in [5.41, 5.74) is 2.71. The number of halogens is 2. The number of nitrogens with one attached hydrogen (secondary N) is 2. The van der Waals surface area contributed by atoms with Crippen LogP contribution in [0.15, 0.2) is 47.6 Å². The molecule has 0 saturated heterocycles. The number of aliphatic imine (C=N–C) groups is 1. The molecular weight excluding hydrogens is 406 g/mol. The van der Waals surface area contributed by atoms with Gasteiger partial charge in [0, 0.05) is 38.4 Å². The highest BCUT2D eigenvalue weighted by molar-refractivity contribution is 14.0. The lowest BCUT2D eigenvalue weighted by atomic mass is 10.1. The first-order chi connectivity index (χ1) is 10.7. The molecular formula is C17H22FIN4. The van der Waals surface area contributed by atoms with Crippen molar-refractivity contribution >= 4 is 29.9 Å². The monoisotopic (exact) mass is 428 g/mol. The summed E-state index contributed by atoms with van der Waals surface area (Å²) in [5.74, 6) is 0.541. The Labute approximate surface area is 153 Å². The molecule has 0 saturated carbocycles. The van der Waals surface area contributed by atoms with Gasteiger partial charge >= 0.3 is 0 Å². The van der Waals surface area contributed by atoms with Gasteiger partial charge in [0.1, 0.15) is 5.82 Å². The maximum absolute atomic E-state index is 13.2. The molecule has 0 unspecified atom stereocenters. The van der Waals surface area contributed by atoms with Crippen LogP contribution in [0.4, 0.5) is 4.39 Å². The fourth-order valence-corrected chi connectivity index (χ4v) is 2.08. The van der Waals surface area contributed by atoms with Gasteiger partial charge in [-0.15, -0.1) is 24.0 Å². The summed E-state index contributed by atoms with van der Waals surface area (Å²) in [6.45, 7) is 3.11. The Balaban J connectivity index is 0.00000264. The Morgan fingerprint density at radius 3 is 2.70 bits per heavy atom. The zero-order valence-corrected chi connectivity index (χ0v) is 15.7. The first kappa shape index (κ1) is 19.3. The number of guanidine groups is 1. The van der Waals surface area contributed by atoms with Crippen molar-refractivity contribution < 1.29 is 4.39 Å². The third-order valence-corrected chi connectivity index (χ3v) is 3.31. The minimum Gasteiger partial charge on any atom is -0.356 e. The van der Waals surface area contributed by atoms with Crippen LogP contribution in [-0.4, -0.2) is 24.5 Å².